The van der Waals surface area contributed by atoms with E-state index in [0.717, 1.165) is 23.8 Å². The van der Waals surface area contributed by atoms with Crippen LogP contribution in [0.2, 0.25) is 0 Å². The molecule has 0 fully saturated rings. The summed E-state index contributed by atoms with van der Waals surface area (Å²) < 4.78 is 26.0. The number of hydrogen-bond donors (Lipinski definition) is 1. The Hall–Kier alpha value is -1.56. The number of hydrogen-bond acceptors (Lipinski definition) is 3. The molecule has 1 aromatic rings. The van der Waals surface area contributed by atoms with E-state index in [2.05, 4.69) is 19.2 Å². The Kier molecular flexibility index (Phi) is 7.27. The summed E-state index contributed by atoms with van der Waals surface area (Å²) in [7, 11) is -3.57. The molecule has 5 nitrogen and oxygen atoms in total. The molecule has 0 saturated heterocycles. The van der Waals surface area contributed by atoms with Gasteiger partial charge in [-0.25, -0.2) is 8.42 Å². The van der Waals surface area contributed by atoms with Gasteiger partial charge in [0.1, 0.15) is 6.04 Å². The summed E-state index contributed by atoms with van der Waals surface area (Å²) in [5, 5.41) is 2.87. The first kappa shape index (κ1) is 20.5. The minimum atomic E-state index is -3.57. The minimum Gasteiger partial charge on any atom is -0.354 e. The van der Waals surface area contributed by atoms with E-state index in [1.165, 1.54) is 4.31 Å². The molecule has 0 saturated carbocycles. The minimum absolute atomic E-state index is 0.248. The SMILES string of the molecule is CCC(C(=O)NCCC(C)C)N(c1ccc(C)c(C)c1)S(C)(=O)=O. The molecule has 0 spiro atoms. The van der Waals surface area contributed by atoms with Crippen molar-refractivity contribution in [2.45, 2.75) is 53.5 Å². The number of rotatable bonds is 8. The van der Waals surface area contributed by atoms with Crippen LogP contribution in [-0.4, -0.2) is 33.2 Å². The van der Waals surface area contributed by atoms with Gasteiger partial charge in [-0.2, -0.15) is 0 Å². The van der Waals surface area contributed by atoms with Crippen molar-refractivity contribution in [3.05, 3.63) is 29.3 Å². The van der Waals surface area contributed by atoms with Crippen LogP contribution in [0.25, 0.3) is 0 Å². The van der Waals surface area contributed by atoms with Crippen LogP contribution in [0.3, 0.4) is 0 Å². The molecule has 24 heavy (non-hydrogen) atoms. The van der Waals surface area contributed by atoms with Crippen LogP contribution < -0.4 is 9.62 Å². The van der Waals surface area contributed by atoms with Crippen LogP contribution in [0.4, 0.5) is 5.69 Å². The van der Waals surface area contributed by atoms with Gasteiger partial charge < -0.3 is 5.32 Å². The van der Waals surface area contributed by atoms with Crippen molar-refractivity contribution < 1.29 is 13.2 Å². The summed E-state index contributed by atoms with van der Waals surface area (Å²) in [6, 6.07) is 4.72. The maximum atomic E-state index is 12.6. The van der Waals surface area contributed by atoms with E-state index >= 15 is 0 Å². The molecule has 1 rings (SSSR count). The Morgan fingerprint density at radius 2 is 1.83 bits per heavy atom. The van der Waals surface area contributed by atoms with Gasteiger partial charge in [0.15, 0.2) is 0 Å². The van der Waals surface area contributed by atoms with E-state index in [1.807, 2.05) is 32.9 Å². The zero-order valence-corrected chi connectivity index (χ0v) is 16.4. The molecule has 0 aromatic heterocycles. The number of sulfonamides is 1. The molecule has 1 amide bonds. The zero-order valence-electron chi connectivity index (χ0n) is 15.6. The fourth-order valence-electron chi connectivity index (χ4n) is 2.52. The molecule has 1 unspecified atom stereocenters. The van der Waals surface area contributed by atoms with E-state index in [4.69, 9.17) is 0 Å². The number of aryl methyl sites for hydroxylation is 2. The fraction of sp³-hybridized carbons (Fsp3) is 0.611. The van der Waals surface area contributed by atoms with Crippen LogP contribution in [-0.2, 0) is 14.8 Å². The second-order valence-electron chi connectivity index (χ2n) is 6.72. The predicted octanol–water partition coefficient (Wildman–Crippen LogP) is 3.01. The van der Waals surface area contributed by atoms with Gasteiger partial charge in [-0.15, -0.1) is 0 Å². The van der Waals surface area contributed by atoms with Crippen molar-refractivity contribution >= 4 is 21.6 Å². The van der Waals surface area contributed by atoms with Gasteiger partial charge in [0.05, 0.1) is 11.9 Å². The van der Waals surface area contributed by atoms with Crippen LogP contribution in [0.5, 0.6) is 0 Å². The maximum absolute atomic E-state index is 12.6. The summed E-state index contributed by atoms with van der Waals surface area (Å²) in [6.45, 7) is 10.5. The number of benzene rings is 1. The molecule has 6 heteroatoms. The molecule has 0 aliphatic heterocycles. The third kappa shape index (κ3) is 5.51. The molecule has 0 heterocycles. The quantitative estimate of drug-likeness (QED) is 0.780. The van der Waals surface area contributed by atoms with Crippen LogP contribution in [0.1, 0.15) is 44.7 Å². The van der Waals surface area contributed by atoms with Crippen molar-refractivity contribution in [2.24, 2.45) is 5.92 Å². The fourth-order valence-corrected chi connectivity index (χ4v) is 3.73. The molecule has 1 atom stereocenters. The highest BCUT2D eigenvalue weighted by Gasteiger charge is 2.31. The molecular weight excluding hydrogens is 324 g/mol. The van der Waals surface area contributed by atoms with E-state index in [9.17, 15) is 13.2 Å². The number of nitrogens with zero attached hydrogens (tertiary/aromatic N) is 1. The van der Waals surface area contributed by atoms with Crippen molar-refractivity contribution in [3.63, 3.8) is 0 Å². The van der Waals surface area contributed by atoms with Gasteiger partial charge in [-0.05, 0) is 55.9 Å². The standard InChI is InChI=1S/C18H30N2O3S/c1-7-17(18(21)19-11-10-13(2)3)20(24(6,22)23)16-9-8-14(4)15(5)12-16/h8-9,12-13,17H,7,10-11H2,1-6H3,(H,19,21). The molecule has 136 valence electrons. The van der Waals surface area contributed by atoms with Crippen LogP contribution in [0, 0.1) is 19.8 Å². The lowest BCUT2D eigenvalue weighted by Gasteiger charge is -2.30. The van der Waals surface area contributed by atoms with E-state index < -0.39 is 16.1 Å². The first-order chi connectivity index (χ1) is 11.1. The Morgan fingerprint density at radius 3 is 2.29 bits per heavy atom. The molecule has 1 aromatic carbocycles. The van der Waals surface area contributed by atoms with Gasteiger partial charge in [0.25, 0.3) is 0 Å². The zero-order chi connectivity index (χ0) is 18.5. The van der Waals surface area contributed by atoms with E-state index in [1.54, 1.807) is 6.07 Å². The summed E-state index contributed by atoms with van der Waals surface area (Å²) in [5.41, 5.74) is 2.62. The number of anilines is 1. The third-order valence-electron chi connectivity index (χ3n) is 4.10. The molecule has 1 N–H and O–H groups in total. The molecule has 0 aliphatic rings. The lowest BCUT2D eigenvalue weighted by molar-refractivity contribution is -0.122. The van der Waals surface area contributed by atoms with Gasteiger partial charge in [-0.1, -0.05) is 26.8 Å². The first-order valence-electron chi connectivity index (χ1n) is 8.42. The van der Waals surface area contributed by atoms with Crippen molar-refractivity contribution in [2.75, 3.05) is 17.1 Å². The molecular formula is C18H30N2O3S. The number of nitrogens with one attached hydrogen (secondary N) is 1. The Bertz CT molecular complexity index is 669. The van der Waals surface area contributed by atoms with Crippen LogP contribution in [0.15, 0.2) is 18.2 Å². The van der Waals surface area contributed by atoms with Gasteiger partial charge in [-0.3, -0.25) is 9.10 Å². The average Bonchev–Trinajstić information content (AvgIpc) is 2.45. The van der Waals surface area contributed by atoms with Gasteiger partial charge in [0, 0.05) is 6.54 Å². The third-order valence-corrected chi connectivity index (χ3v) is 5.28. The Labute approximate surface area is 146 Å². The number of carbonyl (C=O) groups excluding carboxylic acids is 1. The summed E-state index contributed by atoms with van der Waals surface area (Å²) in [5.74, 6) is 0.234. The maximum Gasteiger partial charge on any atom is 0.243 e. The number of amides is 1. The monoisotopic (exact) mass is 354 g/mol. The van der Waals surface area contributed by atoms with Gasteiger partial charge >= 0.3 is 0 Å². The Balaban J connectivity index is 3.13. The lowest BCUT2D eigenvalue weighted by Crippen LogP contribution is -2.49. The predicted molar refractivity (Wildman–Crippen MR) is 99.8 cm³/mol. The largest absolute Gasteiger partial charge is 0.354 e. The molecule has 0 radical (unpaired) electrons. The number of carbonyl (C=O) groups is 1. The van der Waals surface area contributed by atoms with Crippen molar-refractivity contribution in [3.8, 4) is 0 Å². The highest BCUT2D eigenvalue weighted by molar-refractivity contribution is 7.92. The second kappa shape index (κ2) is 8.51. The van der Waals surface area contributed by atoms with Crippen molar-refractivity contribution in [1.82, 2.24) is 5.32 Å². The lowest BCUT2D eigenvalue weighted by atomic mass is 10.1. The normalized spacial score (nSPS) is 13.0. The van der Waals surface area contributed by atoms with E-state index in [-0.39, 0.29) is 5.91 Å². The van der Waals surface area contributed by atoms with E-state index in [0.29, 0.717) is 24.6 Å². The van der Waals surface area contributed by atoms with Crippen molar-refractivity contribution in [1.29, 1.82) is 0 Å². The van der Waals surface area contributed by atoms with Crippen LogP contribution >= 0.6 is 0 Å². The Morgan fingerprint density at radius 1 is 1.21 bits per heavy atom. The second-order valence-corrected chi connectivity index (χ2v) is 8.58. The topological polar surface area (TPSA) is 66.5 Å². The smallest absolute Gasteiger partial charge is 0.243 e. The summed E-state index contributed by atoms with van der Waals surface area (Å²) in [4.78, 5) is 12.6. The molecule has 0 bridgehead atoms. The highest BCUT2D eigenvalue weighted by atomic mass is 32.2. The average molecular weight is 355 g/mol. The molecule has 0 aliphatic carbocycles. The summed E-state index contributed by atoms with van der Waals surface area (Å²) in [6.07, 6.45) is 2.42. The summed E-state index contributed by atoms with van der Waals surface area (Å²) >= 11 is 0. The highest BCUT2D eigenvalue weighted by Crippen LogP contribution is 2.25. The van der Waals surface area contributed by atoms with Gasteiger partial charge in [0.2, 0.25) is 15.9 Å². The first-order valence-corrected chi connectivity index (χ1v) is 10.3.